The van der Waals surface area contributed by atoms with Gasteiger partial charge in [0, 0.05) is 31.3 Å². The molecule has 1 aromatic heterocycles. The molecule has 0 radical (unpaired) electrons. The number of amides is 1. The predicted molar refractivity (Wildman–Crippen MR) is 90.3 cm³/mol. The van der Waals surface area contributed by atoms with Crippen molar-refractivity contribution in [2.75, 3.05) is 24.7 Å². The first-order chi connectivity index (χ1) is 11.3. The zero-order valence-electron chi connectivity index (χ0n) is 14.0. The Morgan fingerprint density at radius 2 is 2.08 bits per heavy atom. The highest BCUT2D eigenvalue weighted by molar-refractivity contribution is 7.85. The molecule has 8 heteroatoms. The molecule has 1 aromatic rings. The van der Waals surface area contributed by atoms with E-state index in [1.165, 1.54) is 25.7 Å². The molecule has 1 saturated carbocycles. The molecule has 1 aliphatic carbocycles. The monoisotopic (exact) mass is 353 g/mol. The molecule has 2 heterocycles. The normalized spacial score (nSPS) is 17.8. The third kappa shape index (κ3) is 3.87. The van der Waals surface area contributed by atoms with Gasteiger partial charge in [-0.3, -0.25) is 8.98 Å². The molecule has 0 atom stereocenters. The first-order valence-corrected chi connectivity index (χ1v) is 10.0. The number of fused-ring (bicyclic) bond motifs is 1. The van der Waals surface area contributed by atoms with Gasteiger partial charge in [0.1, 0.15) is 12.4 Å². The number of nitrogens with zero attached hydrogens (tertiary/aromatic N) is 2. The Balaban J connectivity index is 1.86. The van der Waals surface area contributed by atoms with Crippen LogP contribution in [0.1, 0.15) is 47.3 Å². The van der Waals surface area contributed by atoms with Crippen molar-refractivity contribution in [2.24, 2.45) is 5.92 Å². The number of rotatable bonds is 6. The summed E-state index contributed by atoms with van der Waals surface area (Å²) in [6.45, 7) is 1.09. The Bertz CT molecular complexity index is 742. The highest BCUT2D eigenvalue weighted by Gasteiger charge is 2.26. The van der Waals surface area contributed by atoms with Crippen LogP contribution in [-0.4, -0.2) is 39.2 Å². The van der Waals surface area contributed by atoms with Crippen LogP contribution >= 0.6 is 0 Å². The molecule has 1 aliphatic heterocycles. The Hall–Kier alpha value is -1.67. The van der Waals surface area contributed by atoms with Crippen molar-refractivity contribution < 1.29 is 17.4 Å². The summed E-state index contributed by atoms with van der Waals surface area (Å²) >= 11 is 0. The van der Waals surface area contributed by atoms with Crippen LogP contribution in [0.25, 0.3) is 0 Å². The molecule has 2 aliphatic rings. The number of pyridine rings is 1. The van der Waals surface area contributed by atoms with Gasteiger partial charge in [-0.25, -0.2) is 4.98 Å². The summed E-state index contributed by atoms with van der Waals surface area (Å²) in [6, 6.07) is 1.79. The predicted octanol–water partition coefficient (Wildman–Crippen LogP) is 1.43. The first kappa shape index (κ1) is 17.2. The molecule has 132 valence electrons. The molecule has 1 fully saturated rings. The maximum atomic E-state index is 12.0. The summed E-state index contributed by atoms with van der Waals surface area (Å²) in [5.74, 6) is 1.18. The Morgan fingerprint density at radius 1 is 1.38 bits per heavy atom. The molecule has 0 aromatic carbocycles. The molecule has 7 nitrogen and oxygen atoms in total. The van der Waals surface area contributed by atoms with Crippen LogP contribution in [0.4, 0.5) is 5.82 Å². The number of hydrogen-bond acceptors (Lipinski definition) is 6. The molecule has 1 amide bonds. The van der Waals surface area contributed by atoms with Crippen molar-refractivity contribution in [1.82, 2.24) is 10.3 Å². The van der Waals surface area contributed by atoms with Crippen molar-refractivity contribution >= 4 is 21.8 Å². The van der Waals surface area contributed by atoms with Crippen LogP contribution in [0.2, 0.25) is 0 Å². The quantitative estimate of drug-likeness (QED) is 0.778. The van der Waals surface area contributed by atoms with E-state index >= 15 is 0 Å². The van der Waals surface area contributed by atoms with Gasteiger partial charge in [0.15, 0.2) is 0 Å². The van der Waals surface area contributed by atoms with Gasteiger partial charge in [-0.15, -0.1) is 0 Å². The lowest BCUT2D eigenvalue weighted by Gasteiger charge is -2.23. The number of carbonyl (C=O) groups is 1. The highest BCUT2D eigenvalue weighted by Crippen LogP contribution is 2.28. The zero-order chi connectivity index (χ0) is 17.3. The highest BCUT2D eigenvalue weighted by atomic mass is 32.2. The molecular formula is C16H23N3O4S. The molecule has 0 bridgehead atoms. The lowest BCUT2D eigenvalue weighted by molar-refractivity contribution is 0.0965. The van der Waals surface area contributed by atoms with E-state index in [0.29, 0.717) is 29.5 Å². The lowest BCUT2D eigenvalue weighted by Crippen LogP contribution is -2.25. The van der Waals surface area contributed by atoms with Gasteiger partial charge < -0.3 is 10.2 Å². The number of hydrogen-bond donors (Lipinski definition) is 1. The molecule has 1 N–H and O–H groups in total. The average Bonchev–Trinajstić information content (AvgIpc) is 3.14. The maximum absolute atomic E-state index is 12.0. The Kier molecular flexibility index (Phi) is 4.78. The molecular weight excluding hydrogens is 330 g/mol. The lowest BCUT2D eigenvalue weighted by atomic mass is 10.1. The van der Waals surface area contributed by atoms with Crippen molar-refractivity contribution in [3.63, 3.8) is 0 Å². The van der Waals surface area contributed by atoms with Gasteiger partial charge in [0.25, 0.3) is 16.0 Å². The third-order valence-electron chi connectivity index (χ3n) is 4.67. The van der Waals surface area contributed by atoms with E-state index in [0.717, 1.165) is 18.4 Å². The number of aromatic nitrogens is 1. The second kappa shape index (κ2) is 6.68. The van der Waals surface area contributed by atoms with Gasteiger partial charge in [-0.1, -0.05) is 12.8 Å². The van der Waals surface area contributed by atoms with Crippen LogP contribution in [0.15, 0.2) is 6.07 Å². The second-order valence-corrected chi connectivity index (χ2v) is 8.28. The number of anilines is 1. The van der Waals surface area contributed by atoms with Gasteiger partial charge in [-0.05, 0) is 24.8 Å². The minimum Gasteiger partial charge on any atom is -0.359 e. The van der Waals surface area contributed by atoms with Gasteiger partial charge in [0.2, 0.25) is 0 Å². The van der Waals surface area contributed by atoms with Crippen molar-refractivity contribution in [3.05, 3.63) is 22.9 Å². The van der Waals surface area contributed by atoms with Gasteiger partial charge in [0.05, 0.1) is 11.9 Å². The van der Waals surface area contributed by atoms with Crippen LogP contribution in [-0.2, 0) is 27.5 Å². The summed E-state index contributed by atoms with van der Waals surface area (Å²) in [5.41, 5.74) is 1.79. The minimum absolute atomic E-state index is 0.150. The summed E-state index contributed by atoms with van der Waals surface area (Å²) < 4.78 is 27.4. The van der Waals surface area contributed by atoms with Crippen LogP contribution in [0, 0.1) is 5.92 Å². The standard InChI is InChI=1S/C16H23N3O4S/c1-19(9-11-5-3-4-6-11)15-7-12-13(8-17-16(12)20)14(18-15)10-23-24(2,21)22/h7,11H,3-6,8-10H2,1-2H3,(H,17,20). The van der Waals surface area contributed by atoms with E-state index in [-0.39, 0.29) is 12.5 Å². The van der Waals surface area contributed by atoms with Crippen LogP contribution in [0.3, 0.4) is 0 Å². The topological polar surface area (TPSA) is 88.6 Å². The van der Waals surface area contributed by atoms with Crippen molar-refractivity contribution in [3.8, 4) is 0 Å². The van der Waals surface area contributed by atoms with Crippen molar-refractivity contribution in [1.29, 1.82) is 0 Å². The first-order valence-electron chi connectivity index (χ1n) is 8.20. The molecule has 0 saturated heterocycles. The minimum atomic E-state index is -3.56. The zero-order valence-corrected chi connectivity index (χ0v) is 14.9. The van der Waals surface area contributed by atoms with E-state index in [2.05, 4.69) is 10.3 Å². The maximum Gasteiger partial charge on any atom is 0.264 e. The van der Waals surface area contributed by atoms with E-state index in [9.17, 15) is 13.2 Å². The molecule has 0 unspecified atom stereocenters. The van der Waals surface area contributed by atoms with E-state index in [1.54, 1.807) is 6.07 Å². The average molecular weight is 353 g/mol. The van der Waals surface area contributed by atoms with Crippen molar-refractivity contribution in [2.45, 2.75) is 38.8 Å². The fourth-order valence-corrected chi connectivity index (χ4v) is 3.75. The SMILES string of the molecule is CN(CC1CCCC1)c1cc2c(c(COS(C)(=O)=O)n1)CNC2=O. The van der Waals surface area contributed by atoms with Crippen LogP contribution < -0.4 is 10.2 Å². The van der Waals surface area contributed by atoms with Gasteiger partial charge in [-0.2, -0.15) is 8.42 Å². The molecule has 3 rings (SSSR count). The molecule has 24 heavy (non-hydrogen) atoms. The molecule has 0 spiro atoms. The van der Waals surface area contributed by atoms with Gasteiger partial charge >= 0.3 is 0 Å². The Morgan fingerprint density at radius 3 is 2.75 bits per heavy atom. The van der Waals surface area contributed by atoms with E-state index < -0.39 is 10.1 Å². The summed E-state index contributed by atoms with van der Waals surface area (Å²) in [6.07, 6.45) is 5.99. The largest absolute Gasteiger partial charge is 0.359 e. The van der Waals surface area contributed by atoms with E-state index in [4.69, 9.17) is 4.18 Å². The second-order valence-electron chi connectivity index (χ2n) is 6.63. The third-order valence-corrected chi connectivity index (χ3v) is 5.22. The number of carbonyl (C=O) groups excluding carboxylic acids is 1. The van der Waals surface area contributed by atoms with E-state index in [1.807, 2.05) is 11.9 Å². The smallest absolute Gasteiger partial charge is 0.264 e. The Labute approximate surface area is 142 Å². The van der Waals surface area contributed by atoms with Crippen LogP contribution in [0.5, 0.6) is 0 Å². The summed E-state index contributed by atoms with van der Waals surface area (Å²) in [5, 5.41) is 2.76. The number of nitrogens with one attached hydrogen (secondary N) is 1. The summed E-state index contributed by atoms with van der Waals surface area (Å²) in [4.78, 5) is 18.6. The fourth-order valence-electron chi connectivity index (χ4n) is 3.42. The fraction of sp³-hybridized carbons (Fsp3) is 0.625. The summed E-state index contributed by atoms with van der Waals surface area (Å²) in [7, 11) is -1.60.